The van der Waals surface area contributed by atoms with Gasteiger partial charge in [0, 0.05) is 36.8 Å². The molecule has 1 unspecified atom stereocenters. The minimum atomic E-state index is 0.0774. The Morgan fingerprint density at radius 3 is 2.70 bits per heavy atom. The van der Waals surface area contributed by atoms with E-state index in [0.29, 0.717) is 12.6 Å². The third kappa shape index (κ3) is 3.70. The average molecular weight is 369 g/mol. The number of hydrogen-bond donors (Lipinski definition) is 2. The van der Waals surface area contributed by atoms with Crippen molar-refractivity contribution < 1.29 is 4.79 Å². The van der Waals surface area contributed by atoms with Gasteiger partial charge in [0.15, 0.2) is 0 Å². The molecule has 0 aliphatic carbocycles. The molecule has 0 radical (unpaired) electrons. The van der Waals surface area contributed by atoms with Crippen LogP contribution >= 0.6 is 0 Å². The van der Waals surface area contributed by atoms with Crippen LogP contribution in [0.1, 0.15) is 48.1 Å². The maximum atomic E-state index is 12.8. The zero-order valence-corrected chi connectivity index (χ0v) is 16.9. The first-order valence-corrected chi connectivity index (χ1v) is 10.4. The predicted octanol–water partition coefficient (Wildman–Crippen LogP) is 3.86. The van der Waals surface area contributed by atoms with Crippen molar-refractivity contribution in [3.05, 3.63) is 34.5 Å². The molecule has 5 heteroatoms. The van der Waals surface area contributed by atoms with Crippen molar-refractivity contribution in [2.45, 2.75) is 59.0 Å². The van der Waals surface area contributed by atoms with Gasteiger partial charge in [-0.2, -0.15) is 0 Å². The van der Waals surface area contributed by atoms with Crippen molar-refractivity contribution in [1.29, 1.82) is 0 Å². The van der Waals surface area contributed by atoms with Crippen molar-refractivity contribution in [1.82, 2.24) is 20.1 Å². The lowest BCUT2D eigenvalue weighted by Gasteiger charge is -2.37. The molecule has 2 aromatic rings. The SMILES string of the molecule is Cc1cc(CNC(=O)N2CCCC(N3CCCC3)C2)c2[nH]c(C)c(C)c2c1. The number of likely N-dealkylation sites (tertiary alicyclic amines) is 2. The fraction of sp³-hybridized carbons (Fsp3) is 0.591. The number of piperidine rings is 1. The molecule has 3 heterocycles. The molecule has 1 aromatic carbocycles. The van der Waals surface area contributed by atoms with E-state index in [-0.39, 0.29) is 6.03 Å². The third-order valence-electron chi connectivity index (χ3n) is 6.41. The van der Waals surface area contributed by atoms with Crippen LogP contribution in [-0.4, -0.2) is 53.0 Å². The Labute approximate surface area is 162 Å². The first kappa shape index (κ1) is 18.4. The lowest BCUT2D eigenvalue weighted by molar-refractivity contribution is 0.125. The van der Waals surface area contributed by atoms with Crippen molar-refractivity contribution in [2.75, 3.05) is 26.2 Å². The summed E-state index contributed by atoms with van der Waals surface area (Å²) in [6, 6.07) is 5.03. The molecule has 2 N–H and O–H groups in total. The number of hydrogen-bond acceptors (Lipinski definition) is 2. The van der Waals surface area contributed by atoms with Gasteiger partial charge >= 0.3 is 6.03 Å². The number of aromatic nitrogens is 1. The molecule has 27 heavy (non-hydrogen) atoms. The van der Waals surface area contributed by atoms with Crippen LogP contribution in [0.25, 0.3) is 10.9 Å². The van der Waals surface area contributed by atoms with Gasteiger partial charge in [0.25, 0.3) is 0 Å². The minimum absolute atomic E-state index is 0.0774. The summed E-state index contributed by atoms with van der Waals surface area (Å²) in [5, 5.41) is 4.44. The van der Waals surface area contributed by atoms with E-state index in [2.05, 4.69) is 48.1 Å². The van der Waals surface area contributed by atoms with Gasteiger partial charge in [0.05, 0.1) is 5.52 Å². The van der Waals surface area contributed by atoms with E-state index in [1.165, 1.54) is 60.1 Å². The van der Waals surface area contributed by atoms with Gasteiger partial charge in [-0.05, 0) is 76.7 Å². The Hall–Kier alpha value is -2.01. The summed E-state index contributed by atoms with van der Waals surface area (Å²) in [6.45, 7) is 11.1. The number of aryl methyl sites for hydroxylation is 3. The zero-order chi connectivity index (χ0) is 19.0. The highest BCUT2D eigenvalue weighted by Gasteiger charge is 2.29. The average Bonchev–Trinajstić information content (AvgIpc) is 3.30. The number of nitrogens with one attached hydrogen (secondary N) is 2. The number of carbonyl (C=O) groups excluding carboxylic acids is 1. The summed E-state index contributed by atoms with van der Waals surface area (Å²) >= 11 is 0. The number of fused-ring (bicyclic) bond motifs is 1. The quantitative estimate of drug-likeness (QED) is 0.864. The molecular weight excluding hydrogens is 336 g/mol. The predicted molar refractivity (Wildman–Crippen MR) is 110 cm³/mol. The van der Waals surface area contributed by atoms with Gasteiger partial charge in [-0.15, -0.1) is 0 Å². The molecule has 146 valence electrons. The lowest BCUT2D eigenvalue weighted by Crippen LogP contribution is -2.51. The highest BCUT2D eigenvalue weighted by atomic mass is 16.2. The number of carbonyl (C=O) groups is 1. The molecule has 2 fully saturated rings. The van der Waals surface area contributed by atoms with Crippen LogP contribution in [0, 0.1) is 20.8 Å². The lowest BCUT2D eigenvalue weighted by atomic mass is 10.0. The topological polar surface area (TPSA) is 51.4 Å². The zero-order valence-electron chi connectivity index (χ0n) is 16.9. The molecule has 2 aliphatic rings. The van der Waals surface area contributed by atoms with Crippen LogP contribution in [-0.2, 0) is 6.54 Å². The Morgan fingerprint density at radius 1 is 1.15 bits per heavy atom. The van der Waals surface area contributed by atoms with Crippen molar-refractivity contribution in [2.24, 2.45) is 0 Å². The Morgan fingerprint density at radius 2 is 1.93 bits per heavy atom. The summed E-state index contributed by atoms with van der Waals surface area (Å²) in [5.41, 5.74) is 6.06. The number of nitrogens with zero attached hydrogens (tertiary/aromatic N) is 2. The van der Waals surface area contributed by atoms with E-state index < -0.39 is 0 Å². The minimum Gasteiger partial charge on any atom is -0.358 e. The molecular formula is C22H32N4O. The van der Waals surface area contributed by atoms with Gasteiger partial charge in [0.2, 0.25) is 0 Å². The molecule has 0 spiro atoms. The van der Waals surface area contributed by atoms with Crippen LogP contribution in [0.3, 0.4) is 0 Å². The summed E-state index contributed by atoms with van der Waals surface area (Å²) in [7, 11) is 0. The molecule has 0 bridgehead atoms. The Bertz CT molecular complexity index is 834. The second kappa shape index (κ2) is 7.55. The maximum Gasteiger partial charge on any atom is 0.317 e. The van der Waals surface area contributed by atoms with Crippen LogP contribution in [0.5, 0.6) is 0 Å². The van der Waals surface area contributed by atoms with Crippen molar-refractivity contribution in [3.63, 3.8) is 0 Å². The molecule has 0 saturated carbocycles. The normalized spacial score (nSPS) is 21.1. The highest BCUT2D eigenvalue weighted by molar-refractivity contribution is 5.88. The fourth-order valence-electron chi connectivity index (χ4n) is 4.75. The van der Waals surface area contributed by atoms with E-state index in [1.54, 1.807) is 0 Å². The van der Waals surface area contributed by atoms with Gasteiger partial charge in [-0.3, -0.25) is 4.90 Å². The standard InChI is InChI=1S/C22H32N4O/c1-15-11-18(21-20(12-15)16(2)17(3)24-21)13-23-22(27)26-10-6-7-19(14-26)25-8-4-5-9-25/h11-12,19,24H,4-10,13-14H2,1-3H3,(H,23,27). The van der Waals surface area contributed by atoms with Crippen LogP contribution < -0.4 is 5.32 Å². The summed E-state index contributed by atoms with van der Waals surface area (Å²) < 4.78 is 0. The second-order valence-electron chi connectivity index (χ2n) is 8.37. The number of urea groups is 1. The molecule has 1 atom stereocenters. The van der Waals surface area contributed by atoms with Crippen molar-refractivity contribution >= 4 is 16.9 Å². The van der Waals surface area contributed by atoms with Crippen LogP contribution in [0.2, 0.25) is 0 Å². The summed E-state index contributed by atoms with van der Waals surface area (Å²) in [5.74, 6) is 0. The van der Waals surface area contributed by atoms with Gasteiger partial charge in [-0.25, -0.2) is 4.79 Å². The highest BCUT2D eigenvalue weighted by Crippen LogP contribution is 2.26. The largest absolute Gasteiger partial charge is 0.358 e. The Kier molecular flexibility index (Phi) is 5.13. The first-order chi connectivity index (χ1) is 13.0. The number of rotatable bonds is 3. The molecule has 2 aliphatic heterocycles. The molecule has 2 saturated heterocycles. The van der Waals surface area contributed by atoms with Gasteiger partial charge in [-0.1, -0.05) is 11.6 Å². The molecule has 4 rings (SSSR count). The summed E-state index contributed by atoms with van der Waals surface area (Å²) in [6.07, 6.45) is 4.95. The first-order valence-electron chi connectivity index (χ1n) is 10.4. The van der Waals surface area contributed by atoms with E-state index in [4.69, 9.17) is 0 Å². The second-order valence-corrected chi connectivity index (χ2v) is 8.37. The van der Waals surface area contributed by atoms with E-state index in [0.717, 1.165) is 25.0 Å². The van der Waals surface area contributed by atoms with Crippen LogP contribution in [0.4, 0.5) is 4.79 Å². The smallest absolute Gasteiger partial charge is 0.317 e. The van der Waals surface area contributed by atoms with Crippen molar-refractivity contribution in [3.8, 4) is 0 Å². The maximum absolute atomic E-state index is 12.8. The number of H-pyrrole nitrogens is 1. The molecule has 2 amide bonds. The third-order valence-corrected chi connectivity index (χ3v) is 6.41. The Balaban J connectivity index is 1.43. The molecule has 5 nitrogen and oxygen atoms in total. The van der Waals surface area contributed by atoms with Gasteiger partial charge < -0.3 is 15.2 Å². The monoisotopic (exact) mass is 368 g/mol. The van der Waals surface area contributed by atoms with Crippen LogP contribution in [0.15, 0.2) is 12.1 Å². The van der Waals surface area contributed by atoms with E-state index >= 15 is 0 Å². The molecule has 1 aromatic heterocycles. The van der Waals surface area contributed by atoms with E-state index in [9.17, 15) is 4.79 Å². The number of aromatic amines is 1. The summed E-state index contributed by atoms with van der Waals surface area (Å²) in [4.78, 5) is 20.9. The number of benzene rings is 1. The number of amides is 2. The van der Waals surface area contributed by atoms with E-state index in [1.807, 2.05) is 4.90 Å². The van der Waals surface area contributed by atoms with Gasteiger partial charge in [0.1, 0.15) is 0 Å². The fourth-order valence-corrected chi connectivity index (χ4v) is 4.75.